The Bertz CT molecular complexity index is 2610. The zero-order valence-electron chi connectivity index (χ0n) is 25.2. The average Bonchev–Trinajstić information content (AvgIpc) is 3.68. The van der Waals surface area contributed by atoms with Gasteiger partial charge in [0.15, 0.2) is 17.5 Å². The number of hydrogen-bond acceptors (Lipinski definition) is 4. The Labute approximate surface area is 275 Å². The monoisotopic (exact) mass is 615 g/mol. The van der Waals surface area contributed by atoms with Gasteiger partial charge in [-0.3, -0.25) is 0 Å². The van der Waals surface area contributed by atoms with E-state index in [1.54, 1.807) is 0 Å². The van der Waals surface area contributed by atoms with Gasteiger partial charge in [-0.25, -0.2) is 15.0 Å². The van der Waals surface area contributed by atoms with Crippen molar-refractivity contribution in [1.82, 2.24) is 15.0 Å². The van der Waals surface area contributed by atoms with Gasteiger partial charge in [0.25, 0.3) is 0 Å². The maximum absolute atomic E-state index is 5.05. The van der Waals surface area contributed by atoms with Crippen molar-refractivity contribution in [3.63, 3.8) is 0 Å². The molecule has 3 nitrogen and oxygen atoms in total. The Balaban J connectivity index is 1.25. The van der Waals surface area contributed by atoms with Gasteiger partial charge in [-0.15, -0.1) is 11.3 Å². The van der Waals surface area contributed by atoms with Gasteiger partial charge < -0.3 is 0 Å². The molecule has 1 aliphatic carbocycles. The summed E-state index contributed by atoms with van der Waals surface area (Å²) in [5.41, 5.74) is 10.5. The first-order chi connectivity index (χ1) is 23.3. The highest BCUT2D eigenvalue weighted by Crippen LogP contribution is 2.55. The summed E-state index contributed by atoms with van der Waals surface area (Å²) in [7, 11) is 0. The van der Waals surface area contributed by atoms with Crippen molar-refractivity contribution in [2.75, 3.05) is 0 Å². The van der Waals surface area contributed by atoms with E-state index in [2.05, 4.69) is 91.0 Å². The molecule has 9 aromatic rings. The van der Waals surface area contributed by atoms with Gasteiger partial charge >= 0.3 is 0 Å². The van der Waals surface area contributed by atoms with Crippen LogP contribution in [0.1, 0.15) is 0 Å². The fourth-order valence-corrected chi connectivity index (χ4v) is 8.35. The first-order valence-corrected chi connectivity index (χ1v) is 16.6. The van der Waals surface area contributed by atoms with Gasteiger partial charge in [-0.2, -0.15) is 0 Å². The molecule has 10 rings (SSSR count). The summed E-state index contributed by atoms with van der Waals surface area (Å²) >= 11 is 1.87. The summed E-state index contributed by atoms with van der Waals surface area (Å²) in [6.07, 6.45) is 0. The molecule has 7 aromatic carbocycles. The SMILES string of the molecule is c1ccc(-c2nc(-c3ccccc3)nc(-c3cccc(-c4c5c(cc6sc7ccccc7c46)-c4cccc6cccc-5c46)c3)n2)cc1. The number of benzene rings is 7. The minimum absolute atomic E-state index is 0.656. The third kappa shape index (κ3) is 4.09. The van der Waals surface area contributed by atoms with E-state index in [0.29, 0.717) is 17.5 Å². The lowest BCUT2D eigenvalue weighted by atomic mass is 9.89. The van der Waals surface area contributed by atoms with E-state index in [1.165, 1.54) is 58.8 Å². The van der Waals surface area contributed by atoms with Crippen molar-refractivity contribution in [1.29, 1.82) is 0 Å². The number of aromatic nitrogens is 3. The maximum atomic E-state index is 5.05. The minimum atomic E-state index is 0.656. The summed E-state index contributed by atoms with van der Waals surface area (Å²) in [5, 5.41) is 5.20. The van der Waals surface area contributed by atoms with E-state index in [4.69, 9.17) is 15.0 Å². The fourth-order valence-electron chi connectivity index (χ4n) is 7.19. The molecule has 218 valence electrons. The molecular formula is C43H25N3S. The quantitative estimate of drug-likeness (QED) is 0.198. The molecule has 0 radical (unpaired) electrons. The summed E-state index contributed by atoms with van der Waals surface area (Å²) in [5.74, 6) is 1.98. The second-order valence-corrected chi connectivity index (χ2v) is 13.1. The van der Waals surface area contributed by atoms with Gasteiger partial charge in [0.05, 0.1) is 0 Å². The first-order valence-electron chi connectivity index (χ1n) is 15.8. The molecule has 0 amide bonds. The van der Waals surface area contributed by atoms with E-state index >= 15 is 0 Å². The lowest BCUT2D eigenvalue weighted by Crippen LogP contribution is -2.00. The van der Waals surface area contributed by atoms with Crippen LogP contribution in [0.5, 0.6) is 0 Å². The van der Waals surface area contributed by atoms with Crippen molar-refractivity contribution in [3.8, 4) is 67.5 Å². The summed E-state index contributed by atoms with van der Waals surface area (Å²) < 4.78 is 2.60. The Morgan fingerprint density at radius 3 is 1.66 bits per heavy atom. The third-order valence-corrected chi connectivity index (χ3v) is 10.4. The molecule has 47 heavy (non-hydrogen) atoms. The number of fused-ring (bicyclic) bond motifs is 6. The highest BCUT2D eigenvalue weighted by atomic mass is 32.1. The summed E-state index contributed by atoms with van der Waals surface area (Å²) in [6, 6.07) is 53.7. The van der Waals surface area contributed by atoms with Crippen LogP contribution in [0.2, 0.25) is 0 Å². The smallest absolute Gasteiger partial charge is 0.164 e. The molecule has 0 bridgehead atoms. The van der Waals surface area contributed by atoms with Crippen LogP contribution in [0.15, 0.2) is 152 Å². The lowest BCUT2D eigenvalue weighted by molar-refractivity contribution is 1.07. The second kappa shape index (κ2) is 10.3. The van der Waals surface area contributed by atoms with E-state index in [9.17, 15) is 0 Å². The molecule has 4 heteroatoms. The van der Waals surface area contributed by atoms with Crippen molar-refractivity contribution in [2.24, 2.45) is 0 Å². The molecule has 0 aliphatic heterocycles. The highest BCUT2D eigenvalue weighted by molar-refractivity contribution is 7.26. The van der Waals surface area contributed by atoms with Crippen LogP contribution in [0.3, 0.4) is 0 Å². The normalized spacial score (nSPS) is 11.8. The molecule has 0 spiro atoms. The van der Waals surface area contributed by atoms with Gasteiger partial charge in [0, 0.05) is 36.9 Å². The maximum Gasteiger partial charge on any atom is 0.164 e. The van der Waals surface area contributed by atoms with Crippen LogP contribution in [-0.4, -0.2) is 15.0 Å². The summed E-state index contributed by atoms with van der Waals surface area (Å²) in [6.45, 7) is 0. The van der Waals surface area contributed by atoms with E-state index in [0.717, 1.165) is 22.3 Å². The topological polar surface area (TPSA) is 38.7 Å². The van der Waals surface area contributed by atoms with Crippen LogP contribution < -0.4 is 0 Å². The predicted octanol–water partition coefficient (Wildman–Crippen LogP) is 11.7. The Morgan fingerprint density at radius 2 is 0.936 bits per heavy atom. The molecule has 0 fully saturated rings. The Kier molecular flexibility index (Phi) is 5.74. The number of rotatable bonds is 4. The Hall–Kier alpha value is -5.97. The molecule has 0 saturated carbocycles. The molecule has 2 aromatic heterocycles. The third-order valence-electron chi connectivity index (χ3n) is 9.24. The average molecular weight is 616 g/mol. The van der Waals surface area contributed by atoms with Crippen molar-refractivity contribution in [3.05, 3.63) is 152 Å². The predicted molar refractivity (Wildman–Crippen MR) is 196 cm³/mol. The van der Waals surface area contributed by atoms with Gasteiger partial charge in [0.1, 0.15) is 0 Å². The molecule has 1 aliphatic rings. The van der Waals surface area contributed by atoms with Crippen LogP contribution in [0.4, 0.5) is 0 Å². The largest absolute Gasteiger partial charge is 0.208 e. The number of hydrogen-bond donors (Lipinski definition) is 0. The van der Waals surface area contributed by atoms with Gasteiger partial charge in [0.2, 0.25) is 0 Å². The molecule has 0 unspecified atom stereocenters. The summed E-state index contributed by atoms with van der Waals surface area (Å²) in [4.78, 5) is 15.0. The number of nitrogens with zero attached hydrogens (tertiary/aromatic N) is 3. The highest BCUT2D eigenvalue weighted by Gasteiger charge is 2.28. The standard InChI is InChI=1S/C43H25N3S/c1-3-12-27(13-4-1)41-44-42(28-14-5-2-6-15-28)46-43(45-41)30-19-9-18-29(24-30)38-39-33-22-11-17-26-16-10-21-31(37(26)33)34(39)25-36-40(38)32-20-7-8-23-35(32)47-36/h1-25H. The minimum Gasteiger partial charge on any atom is -0.208 e. The zero-order chi connectivity index (χ0) is 30.9. The Morgan fingerprint density at radius 1 is 0.362 bits per heavy atom. The van der Waals surface area contributed by atoms with Crippen LogP contribution >= 0.6 is 11.3 Å². The molecular weight excluding hydrogens is 591 g/mol. The molecule has 2 heterocycles. The van der Waals surface area contributed by atoms with Crippen molar-refractivity contribution in [2.45, 2.75) is 0 Å². The molecule has 0 saturated heterocycles. The fraction of sp³-hybridized carbons (Fsp3) is 0. The molecule has 0 N–H and O–H groups in total. The van der Waals surface area contributed by atoms with E-state index < -0.39 is 0 Å². The van der Waals surface area contributed by atoms with E-state index in [-0.39, 0.29) is 0 Å². The van der Waals surface area contributed by atoms with E-state index in [1.807, 2.05) is 72.0 Å². The second-order valence-electron chi connectivity index (χ2n) is 12.0. The van der Waals surface area contributed by atoms with Gasteiger partial charge in [-0.1, -0.05) is 133 Å². The first kappa shape index (κ1) is 26.3. The van der Waals surface area contributed by atoms with Crippen molar-refractivity contribution < 1.29 is 0 Å². The lowest BCUT2D eigenvalue weighted by Gasteiger charge is -2.15. The molecule has 0 atom stereocenters. The zero-order valence-corrected chi connectivity index (χ0v) is 26.0. The number of thiophene rings is 1. The van der Waals surface area contributed by atoms with Gasteiger partial charge in [-0.05, 0) is 62.4 Å². The van der Waals surface area contributed by atoms with Crippen molar-refractivity contribution >= 4 is 42.3 Å². The van der Waals surface area contributed by atoms with Crippen LogP contribution in [0.25, 0.3) is 98.5 Å². The van der Waals surface area contributed by atoms with Crippen LogP contribution in [0, 0.1) is 0 Å². The van der Waals surface area contributed by atoms with Crippen LogP contribution in [-0.2, 0) is 0 Å².